The maximum absolute atomic E-state index is 14.7. The fraction of sp³-hybridized carbons (Fsp3) is 0.475. The number of primary amides is 1. The summed E-state index contributed by atoms with van der Waals surface area (Å²) in [5, 5.41) is 18.0. The average Bonchev–Trinajstić information content (AvgIpc) is 3.47. The van der Waals surface area contributed by atoms with Crippen LogP contribution in [0, 0.1) is 5.92 Å². The summed E-state index contributed by atoms with van der Waals surface area (Å²) < 4.78 is 5.34. The first kappa shape index (κ1) is 38.4. The number of aliphatic hydroxyl groups is 1. The van der Waals surface area contributed by atoms with Crippen LogP contribution in [0.25, 0.3) is 0 Å². The van der Waals surface area contributed by atoms with Crippen LogP contribution in [0.1, 0.15) is 63.1 Å². The van der Waals surface area contributed by atoms with E-state index in [2.05, 4.69) is 10.6 Å². The van der Waals surface area contributed by atoms with Gasteiger partial charge in [0.25, 0.3) is 0 Å². The van der Waals surface area contributed by atoms with E-state index < -0.39 is 29.8 Å². The van der Waals surface area contributed by atoms with Gasteiger partial charge in [-0.25, -0.2) is 4.79 Å². The zero-order chi connectivity index (χ0) is 36.1. The van der Waals surface area contributed by atoms with Crippen LogP contribution in [0.4, 0.5) is 4.79 Å². The number of nitrogens with two attached hydrogens (primary N) is 1. The molecule has 4 rings (SSSR count). The number of amides is 4. The molecule has 0 bridgehead atoms. The first-order valence-electron chi connectivity index (χ1n) is 17.9. The van der Waals surface area contributed by atoms with E-state index in [1.165, 1.54) is 4.90 Å². The lowest BCUT2D eigenvalue weighted by Crippen LogP contribution is -2.63. The first-order chi connectivity index (χ1) is 24.1. The van der Waals surface area contributed by atoms with Gasteiger partial charge >= 0.3 is 6.03 Å². The number of ether oxygens (including phenoxy) is 1. The van der Waals surface area contributed by atoms with Crippen LogP contribution in [0.3, 0.4) is 0 Å². The van der Waals surface area contributed by atoms with Crippen LogP contribution >= 0.6 is 0 Å². The largest absolute Gasteiger partial charge is 0.497 e. The van der Waals surface area contributed by atoms with Crippen molar-refractivity contribution in [2.45, 2.75) is 89.6 Å². The second-order valence-corrected chi connectivity index (χ2v) is 13.4. The molecule has 50 heavy (non-hydrogen) atoms. The summed E-state index contributed by atoms with van der Waals surface area (Å²) in [5.41, 5.74) is 7.82. The van der Waals surface area contributed by atoms with Crippen molar-refractivity contribution in [1.82, 2.24) is 20.4 Å². The van der Waals surface area contributed by atoms with E-state index >= 15 is 0 Å². The summed E-state index contributed by atoms with van der Waals surface area (Å²) in [6.45, 7) is 7.35. The predicted molar refractivity (Wildman–Crippen MR) is 196 cm³/mol. The molecule has 1 fully saturated rings. The van der Waals surface area contributed by atoms with E-state index in [-0.39, 0.29) is 24.3 Å². The number of nitrogens with one attached hydrogen (secondary N) is 2. The van der Waals surface area contributed by atoms with Gasteiger partial charge in [0.2, 0.25) is 11.8 Å². The van der Waals surface area contributed by atoms with Crippen molar-refractivity contribution in [3.63, 3.8) is 0 Å². The lowest BCUT2D eigenvalue weighted by atomic mass is 9.80. The predicted octanol–water partition coefficient (Wildman–Crippen LogP) is 4.68. The van der Waals surface area contributed by atoms with Gasteiger partial charge in [-0.2, -0.15) is 0 Å². The maximum Gasteiger partial charge on any atom is 0.315 e. The van der Waals surface area contributed by atoms with E-state index in [1.54, 1.807) is 12.0 Å². The number of methoxy groups -OCH3 is 1. The quantitative estimate of drug-likeness (QED) is 0.145. The molecule has 1 heterocycles. The minimum Gasteiger partial charge on any atom is -0.497 e. The fourth-order valence-electron chi connectivity index (χ4n) is 7.18. The summed E-state index contributed by atoms with van der Waals surface area (Å²) in [6.07, 6.45) is 2.13. The van der Waals surface area contributed by atoms with Crippen LogP contribution in [0.15, 0.2) is 84.9 Å². The normalized spacial score (nSPS) is 18.3. The first-order valence-corrected chi connectivity index (χ1v) is 17.9. The van der Waals surface area contributed by atoms with Crippen LogP contribution in [-0.4, -0.2) is 83.2 Å². The minimum atomic E-state index is -1.13. The van der Waals surface area contributed by atoms with Gasteiger partial charge in [0.15, 0.2) is 0 Å². The second-order valence-electron chi connectivity index (χ2n) is 13.4. The summed E-state index contributed by atoms with van der Waals surface area (Å²) >= 11 is 0. The van der Waals surface area contributed by atoms with Crippen molar-refractivity contribution in [1.29, 1.82) is 0 Å². The number of hydrogen-bond acceptors (Lipinski definition) is 6. The van der Waals surface area contributed by atoms with Crippen molar-refractivity contribution < 1.29 is 24.2 Å². The molecule has 0 aliphatic carbocycles. The SMILES string of the molecule is CCCN(C(N)=O)[C@]1([C@@H](C)CC)CCN([C@@H](CCc2ccccc2)C(=O)N[C@@H](Cc2ccccc2)[C@H](O)CNCc2cccc(OC)c2)C1=O. The zero-order valence-corrected chi connectivity index (χ0v) is 30.0. The van der Waals surface area contributed by atoms with E-state index in [1.807, 2.05) is 106 Å². The molecule has 0 spiro atoms. The van der Waals surface area contributed by atoms with Crippen molar-refractivity contribution in [3.8, 4) is 5.75 Å². The molecular weight excluding hydrogens is 630 g/mol. The molecule has 0 aromatic heterocycles. The van der Waals surface area contributed by atoms with Crippen LogP contribution in [0.2, 0.25) is 0 Å². The minimum absolute atomic E-state index is 0.166. The molecule has 10 nitrogen and oxygen atoms in total. The van der Waals surface area contributed by atoms with Gasteiger partial charge < -0.3 is 36.0 Å². The highest BCUT2D eigenvalue weighted by Gasteiger charge is 2.56. The number of nitrogens with zero attached hydrogens (tertiary/aromatic N) is 2. The van der Waals surface area contributed by atoms with Crippen molar-refractivity contribution in [2.24, 2.45) is 11.7 Å². The monoisotopic (exact) mass is 685 g/mol. The number of rotatable bonds is 19. The molecule has 270 valence electrons. The summed E-state index contributed by atoms with van der Waals surface area (Å²) in [6, 6.07) is 25.3. The highest BCUT2D eigenvalue weighted by Crippen LogP contribution is 2.39. The van der Waals surface area contributed by atoms with Gasteiger partial charge in [0, 0.05) is 26.2 Å². The second kappa shape index (κ2) is 18.5. The molecule has 4 amide bonds. The van der Waals surface area contributed by atoms with E-state index in [9.17, 15) is 19.5 Å². The standard InChI is InChI=1S/C40H55N5O5/c1-5-23-45(39(41)49)40(29(3)6-2)22-24-44(38(40)48)35(21-20-30-14-9-7-10-15-30)37(47)43-34(26-31-16-11-8-12-17-31)36(46)28-42-27-32-18-13-19-33(25-32)50-4/h7-19,25,29,34-36,42,46H,5-6,20-24,26-28H2,1-4H3,(H2,41,49)(H,43,47)/t29-,34-,35-,36+,40-/m0/s1. The number of hydrogen-bond donors (Lipinski definition) is 4. The third kappa shape index (κ3) is 9.43. The van der Waals surface area contributed by atoms with Crippen molar-refractivity contribution >= 4 is 17.8 Å². The maximum atomic E-state index is 14.7. The molecule has 10 heteroatoms. The van der Waals surface area contributed by atoms with Crippen LogP contribution in [-0.2, 0) is 29.0 Å². The number of carbonyl (C=O) groups excluding carboxylic acids is 3. The Bertz CT molecular complexity index is 1520. The summed E-state index contributed by atoms with van der Waals surface area (Å²) in [5.74, 6) is 0.0128. The number of urea groups is 1. The molecule has 3 aromatic rings. The van der Waals surface area contributed by atoms with E-state index in [0.717, 1.165) is 22.4 Å². The Labute approximate surface area is 297 Å². The number of benzene rings is 3. The van der Waals surface area contributed by atoms with Crippen LogP contribution < -0.4 is 21.1 Å². The summed E-state index contributed by atoms with van der Waals surface area (Å²) in [7, 11) is 1.62. The molecule has 0 unspecified atom stereocenters. The van der Waals surface area contributed by atoms with Gasteiger partial charge in [0.05, 0.1) is 19.3 Å². The van der Waals surface area contributed by atoms with Crippen molar-refractivity contribution in [3.05, 3.63) is 102 Å². The Balaban J connectivity index is 1.61. The third-order valence-electron chi connectivity index (χ3n) is 10.1. The number of aryl methyl sites for hydroxylation is 1. The zero-order valence-electron chi connectivity index (χ0n) is 30.0. The number of carbonyl (C=O) groups is 3. The summed E-state index contributed by atoms with van der Waals surface area (Å²) in [4.78, 5) is 45.2. The highest BCUT2D eigenvalue weighted by atomic mass is 16.5. The molecule has 5 N–H and O–H groups in total. The lowest BCUT2D eigenvalue weighted by Gasteiger charge is -2.43. The topological polar surface area (TPSA) is 137 Å². The lowest BCUT2D eigenvalue weighted by molar-refractivity contribution is -0.146. The average molecular weight is 686 g/mol. The molecule has 0 radical (unpaired) electrons. The Kier molecular flexibility index (Phi) is 14.2. The number of likely N-dealkylation sites (tertiary alicyclic amines) is 1. The van der Waals surface area contributed by atoms with E-state index in [0.29, 0.717) is 58.2 Å². The molecule has 3 aromatic carbocycles. The fourth-order valence-corrected chi connectivity index (χ4v) is 7.18. The van der Waals surface area contributed by atoms with E-state index in [4.69, 9.17) is 10.5 Å². The van der Waals surface area contributed by atoms with Gasteiger partial charge in [0.1, 0.15) is 17.3 Å². The van der Waals surface area contributed by atoms with Crippen molar-refractivity contribution in [2.75, 3.05) is 26.7 Å². The molecule has 0 saturated carbocycles. The Hall–Kier alpha value is -4.41. The third-order valence-corrected chi connectivity index (χ3v) is 10.1. The number of aliphatic hydroxyl groups excluding tert-OH is 1. The molecule has 1 aliphatic heterocycles. The molecule has 5 atom stereocenters. The Morgan fingerprint density at radius 2 is 1.66 bits per heavy atom. The molecular formula is C40H55N5O5. The van der Waals surface area contributed by atoms with Gasteiger partial charge in [-0.1, -0.05) is 100.0 Å². The van der Waals surface area contributed by atoms with Gasteiger partial charge in [-0.15, -0.1) is 0 Å². The molecule has 1 saturated heterocycles. The highest BCUT2D eigenvalue weighted by molar-refractivity contribution is 5.96. The molecule has 1 aliphatic rings. The smallest absolute Gasteiger partial charge is 0.315 e. The Morgan fingerprint density at radius 1 is 1.00 bits per heavy atom. The Morgan fingerprint density at radius 3 is 2.28 bits per heavy atom. The van der Waals surface area contributed by atoms with Gasteiger partial charge in [-0.3, -0.25) is 9.59 Å². The van der Waals surface area contributed by atoms with Gasteiger partial charge in [-0.05, 0) is 66.8 Å². The van der Waals surface area contributed by atoms with Crippen LogP contribution in [0.5, 0.6) is 5.75 Å².